The van der Waals surface area contributed by atoms with Crippen molar-refractivity contribution < 1.29 is 9.32 Å². The summed E-state index contributed by atoms with van der Waals surface area (Å²) in [6.07, 6.45) is 5.12. The summed E-state index contributed by atoms with van der Waals surface area (Å²) in [5, 5.41) is 6.39. The van der Waals surface area contributed by atoms with Crippen LogP contribution in [-0.4, -0.2) is 34.1 Å². The molecule has 3 heterocycles. The van der Waals surface area contributed by atoms with E-state index in [2.05, 4.69) is 25.3 Å². The fourth-order valence-electron chi connectivity index (χ4n) is 2.33. The van der Waals surface area contributed by atoms with E-state index in [1.165, 1.54) is 6.42 Å². The molecule has 3 rings (SSSR count). The van der Waals surface area contributed by atoms with Gasteiger partial charge in [-0.2, -0.15) is 0 Å². The van der Waals surface area contributed by atoms with Gasteiger partial charge in [-0.25, -0.2) is 9.97 Å². The van der Waals surface area contributed by atoms with Gasteiger partial charge in [-0.15, -0.1) is 0 Å². The maximum Gasteiger partial charge on any atom is 0.275 e. The fourth-order valence-corrected chi connectivity index (χ4v) is 2.33. The zero-order chi connectivity index (χ0) is 14.7. The highest BCUT2D eigenvalue weighted by Crippen LogP contribution is 2.16. The Balaban J connectivity index is 1.74. The van der Waals surface area contributed by atoms with Gasteiger partial charge in [0.15, 0.2) is 5.82 Å². The summed E-state index contributed by atoms with van der Waals surface area (Å²) in [4.78, 5) is 22.9. The SMILES string of the molecule is Cc1cc(NC(=O)c2ccnc(N3CCCCC3)n2)no1. The number of nitrogens with zero attached hydrogens (tertiary/aromatic N) is 4. The molecule has 0 aliphatic carbocycles. The third kappa shape index (κ3) is 3.18. The molecular weight excluding hydrogens is 270 g/mol. The number of carbonyl (C=O) groups excluding carboxylic acids is 1. The van der Waals surface area contributed by atoms with E-state index in [1.807, 2.05) is 0 Å². The van der Waals surface area contributed by atoms with Gasteiger partial charge in [0.25, 0.3) is 5.91 Å². The van der Waals surface area contributed by atoms with Crippen molar-refractivity contribution in [2.24, 2.45) is 0 Å². The zero-order valence-corrected chi connectivity index (χ0v) is 11.9. The molecule has 7 heteroatoms. The lowest BCUT2D eigenvalue weighted by atomic mass is 10.1. The number of aromatic nitrogens is 3. The Kier molecular flexibility index (Phi) is 3.81. The zero-order valence-electron chi connectivity index (χ0n) is 11.9. The second-order valence-corrected chi connectivity index (χ2v) is 5.07. The molecule has 7 nitrogen and oxygen atoms in total. The van der Waals surface area contributed by atoms with Crippen LogP contribution in [0, 0.1) is 6.92 Å². The summed E-state index contributed by atoms with van der Waals surface area (Å²) in [5.41, 5.74) is 0.325. The molecule has 1 amide bonds. The second-order valence-electron chi connectivity index (χ2n) is 5.07. The second kappa shape index (κ2) is 5.90. The maximum absolute atomic E-state index is 12.2. The van der Waals surface area contributed by atoms with Crippen molar-refractivity contribution in [1.29, 1.82) is 0 Å². The van der Waals surface area contributed by atoms with Crippen molar-refractivity contribution in [2.75, 3.05) is 23.3 Å². The number of carbonyl (C=O) groups is 1. The van der Waals surface area contributed by atoms with E-state index < -0.39 is 0 Å². The topological polar surface area (TPSA) is 84.2 Å². The van der Waals surface area contributed by atoms with Crippen LogP contribution in [0.3, 0.4) is 0 Å². The van der Waals surface area contributed by atoms with E-state index in [0.29, 0.717) is 23.2 Å². The molecule has 1 fully saturated rings. The predicted octanol–water partition coefficient (Wildman–Crippen LogP) is 2.02. The molecule has 0 saturated carbocycles. The fraction of sp³-hybridized carbons (Fsp3) is 0.429. The molecule has 1 saturated heterocycles. The van der Waals surface area contributed by atoms with Gasteiger partial charge in [0, 0.05) is 25.4 Å². The Bertz CT molecular complexity index is 634. The third-order valence-electron chi connectivity index (χ3n) is 3.38. The van der Waals surface area contributed by atoms with Gasteiger partial charge in [-0.1, -0.05) is 5.16 Å². The number of hydrogen-bond donors (Lipinski definition) is 1. The van der Waals surface area contributed by atoms with Gasteiger partial charge in [-0.3, -0.25) is 4.79 Å². The third-order valence-corrected chi connectivity index (χ3v) is 3.38. The highest BCUT2D eigenvalue weighted by atomic mass is 16.5. The molecular formula is C14H17N5O2. The Morgan fingerprint density at radius 3 is 2.86 bits per heavy atom. The van der Waals surface area contributed by atoms with E-state index in [0.717, 1.165) is 25.9 Å². The van der Waals surface area contributed by atoms with Crippen molar-refractivity contribution in [3.05, 3.63) is 29.8 Å². The average molecular weight is 287 g/mol. The lowest BCUT2D eigenvalue weighted by Crippen LogP contribution is -2.31. The van der Waals surface area contributed by atoms with Gasteiger partial charge < -0.3 is 14.7 Å². The van der Waals surface area contributed by atoms with E-state index >= 15 is 0 Å². The molecule has 0 spiro atoms. The maximum atomic E-state index is 12.2. The number of amides is 1. The van der Waals surface area contributed by atoms with Crippen LogP contribution in [0.2, 0.25) is 0 Å². The largest absolute Gasteiger partial charge is 0.360 e. The lowest BCUT2D eigenvalue weighted by Gasteiger charge is -2.26. The minimum Gasteiger partial charge on any atom is -0.360 e. The number of hydrogen-bond acceptors (Lipinski definition) is 6. The number of piperidine rings is 1. The monoisotopic (exact) mass is 287 g/mol. The number of anilines is 2. The van der Waals surface area contributed by atoms with Gasteiger partial charge in [0.05, 0.1) is 0 Å². The Morgan fingerprint density at radius 2 is 2.14 bits per heavy atom. The van der Waals surface area contributed by atoms with Crippen LogP contribution in [0.5, 0.6) is 0 Å². The smallest absolute Gasteiger partial charge is 0.275 e. The first-order chi connectivity index (χ1) is 10.2. The van der Waals surface area contributed by atoms with Crippen molar-refractivity contribution >= 4 is 17.7 Å². The first-order valence-electron chi connectivity index (χ1n) is 7.05. The van der Waals surface area contributed by atoms with Crippen molar-refractivity contribution in [3.8, 4) is 0 Å². The molecule has 2 aromatic heterocycles. The molecule has 1 aliphatic heterocycles. The molecule has 0 atom stereocenters. The molecule has 0 aromatic carbocycles. The van der Waals surface area contributed by atoms with Crippen LogP contribution < -0.4 is 10.2 Å². The Labute approximate surface area is 122 Å². The lowest BCUT2D eigenvalue weighted by molar-refractivity contribution is 0.102. The minimum absolute atomic E-state index is 0.316. The standard InChI is InChI=1S/C14H17N5O2/c1-10-9-12(18-21-10)17-13(20)11-5-6-15-14(16-11)19-7-3-2-4-8-19/h5-6,9H,2-4,7-8H2,1H3,(H,17,18,20). The summed E-state index contributed by atoms with van der Waals surface area (Å²) in [6.45, 7) is 3.64. The Morgan fingerprint density at radius 1 is 1.33 bits per heavy atom. The molecule has 110 valence electrons. The van der Waals surface area contributed by atoms with Gasteiger partial charge in [0.2, 0.25) is 5.95 Å². The molecule has 21 heavy (non-hydrogen) atoms. The van der Waals surface area contributed by atoms with Crippen LogP contribution in [0.1, 0.15) is 35.5 Å². The van der Waals surface area contributed by atoms with Crippen molar-refractivity contribution in [1.82, 2.24) is 15.1 Å². The molecule has 0 bridgehead atoms. The molecule has 1 aliphatic rings. The predicted molar refractivity (Wildman–Crippen MR) is 77.3 cm³/mol. The van der Waals surface area contributed by atoms with Crippen LogP contribution >= 0.6 is 0 Å². The molecule has 2 aromatic rings. The first kappa shape index (κ1) is 13.5. The highest BCUT2D eigenvalue weighted by Gasteiger charge is 2.16. The minimum atomic E-state index is -0.316. The van der Waals surface area contributed by atoms with Gasteiger partial charge in [0.1, 0.15) is 11.5 Å². The number of aryl methyl sites for hydroxylation is 1. The van der Waals surface area contributed by atoms with E-state index in [4.69, 9.17) is 4.52 Å². The quantitative estimate of drug-likeness (QED) is 0.929. The summed E-state index contributed by atoms with van der Waals surface area (Å²) in [6, 6.07) is 3.25. The van der Waals surface area contributed by atoms with Crippen LogP contribution in [0.25, 0.3) is 0 Å². The van der Waals surface area contributed by atoms with Crippen LogP contribution in [0.4, 0.5) is 11.8 Å². The number of nitrogens with one attached hydrogen (secondary N) is 1. The van der Waals surface area contributed by atoms with Crippen molar-refractivity contribution in [3.63, 3.8) is 0 Å². The van der Waals surface area contributed by atoms with Crippen LogP contribution in [-0.2, 0) is 0 Å². The Hall–Kier alpha value is -2.44. The molecule has 0 radical (unpaired) electrons. The summed E-state index contributed by atoms with van der Waals surface area (Å²) in [5.74, 6) is 1.32. The van der Waals surface area contributed by atoms with E-state index in [-0.39, 0.29) is 5.91 Å². The van der Waals surface area contributed by atoms with Crippen LogP contribution in [0.15, 0.2) is 22.9 Å². The normalized spacial score (nSPS) is 15.0. The van der Waals surface area contributed by atoms with E-state index in [9.17, 15) is 4.79 Å². The molecule has 1 N–H and O–H groups in total. The van der Waals surface area contributed by atoms with Gasteiger partial charge in [-0.05, 0) is 32.3 Å². The summed E-state index contributed by atoms with van der Waals surface area (Å²) >= 11 is 0. The summed E-state index contributed by atoms with van der Waals surface area (Å²) in [7, 11) is 0. The molecule has 0 unspecified atom stereocenters. The van der Waals surface area contributed by atoms with Crippen molar-refractivity contribution in [2.45, 2.75) is 26.2 Å². The van der Waals surface area contributed by atoms with E-state index in [1.54, 1.807) is 25.3 Å². The van der Waals surface area contributed by atoms with Gasteiger partial charge >= 0.3 is 0 Å². The average Bonchev–Trinajstić information content (AvgIpc) is 2.93. The first-order valence-corrected chi connectivity index (χ1v) is 7.05. The summed E-state index contributed by atoms with van der Waals surface area (Å²) < 4.78 is 4.91. The number of rotatable bonds is 3. The highest BCUT2D eigenvalue weighted by molar-refractivity contribution is 6.02.